The molecule has 2 aromatic rings. The number of hydrogen-bond donors (Lipinski definition) is 4. The number of aryl methyl sites for hydroxylation is 2. The van der Waals surface area contributed by atoms with Gasteiger partial charge in [-0.1, -0.05) is 12.2 Å². The molecule has 8 nitrogen and oxygen atoms in total. The summed E-state index contributed by atoms with van der Waals surface area (Å²) in [5.41, 5.74) is -2.38. The van der Waals surface area contributed by atoms with Gasteiger partial charge in [0.1, 0.15) is 11.5 Å². The van der Waals surface area contributed by atoms with Crippen LogP contribution in [-0.2, 0) is 0 Å². The fourth-order valence-electron chi connectivity index (χ4n) is 9.24. The van der Waals surface area contributed by atoms with E-state index in [0.717, 1.165) is 0 Å². The molecular formula is C30H22O8. The second-order valence-electron chi connectivity index (χ2n) is 11.7. The smallest absolute Gasteiger partial charge is 0.194 e. The number of allylic oxidation sites excluding steroid dienone is 2. The molecule has 38 heavy (non-hydrogen) atoms. The van der Waals surface area contributed by atoms with Gasteiger partial charge in [-0.3, -0.25) is 19.2 Å². The number of phenols is 2. The third-order valence-corrected chi connectivity index (χ3v) is 10.3. The summed E-state index contributed by atoms with van der Waals surface area (Å²) < 4.78 is 0. The third kappa shape index (κ3) is 1.90. The number of phenolic OH excluding ortho intramolecular Hbond substituents is 2. The minimum absolute atomic E-state index is 0.00609. The van der Waals surface area contributed by atoms with Crippen molar-refractivity contribution in [2.75, 3.05) is 0 Å². The average molecular weight is 510 g/mol. The lowest BCUT2D eigenvalue weighted by Gasteiger charge is -2.52. The largest absolute Gasteiger partial charge is 0.507 e. The van der Waals surface area contributed by atoms with Gasteiger partial charge < -0.3 is 20.4 Å². The highest BCUT2D eigenvalue weighted by atomic mass is 16.3. The molecule has 8 heteroatoms. The Morgan fingerprint density at radius 1 is 0.632 bits per heavy atom. The quantitative estimate of drug-likeness (QED) is 0.422. The first-order chi connectivity index (χ1) is 18.0. The Bertz CT molecular complexity index is 1590. The maximum absolute atomic E-state index is 14.5. The first-order valence-electron chi connectivity index (χ1n) is 12.7. The van der Waals surface area contributed by atoms with Crippen LogP contribution in [0.3, 0.4) is 0 Å². The third-order valence-electron chi connectivity index (χ3n) is 10.3. The van der Waals surface area contributed by atoms with Crippen LogP contribution in [-0.4, -0.2) is 55.8 Å². The van der Waals surface area contributed by atoms with Gasteiger partial charge in [0.2, 0.25) is 0 Å². The molecule has 2 saturated carbocycles. The molecule has 0 saturated heterocycles. The summed E-state index contributed by atoms with van der Waals surface area (Å²) in [6.07, 6.45) is 0.365. The van der Waals surface area contributed by atoms with Gasteiger partial charge in [-0.2, -0.15) is 0 Å². The number of benzene rings is 2. The number of aliphatic hydroxyl groups is 2. The van der Waals surface area contributed by atoms with Crippen LogP contribution in [0.15, 0.2) is 47.6 Å². The number of carbonyl (C=O) groups excluding carboxylic acids is 4. The predicted octanol–water partition coefficient (Wildman–Crippen LogP) is 2.24. The molecular weight excluding hydrogens is 488 g/mol. The highest BCUT2D eigenvalue weighted by Gasteiger charge is 2.84. The zero-order chi connectivity index (χ0) is 26.8. The van der Waals surface area contributed by atoms with Crippen LogP contribution in [0, 0.1) is 48.3 Å². The molecule has 0 radical (unpaired) electrons. The number of rotatable bonds is 0. The summed E-state index contributed by atoms with van der Waals surface area (Å²) in [7, 11) is 0. The van der Waals surface area contributed by atoms with Gasteiger partial charge >= 0.3 is 0 Å². The predicted molar refractivity (Wildman–Crippen MR) is 130 cm³/mol. The fraction of sp³-hybridized carbons (Fsp3) is 0.333. The Hall–Kier alpha value is -3.88. The van der Waals surface area contributed by atoms with Gasteiger partial charge in [-0.25, -0.2) is 0 Å². The van der Waals surface area contributed by atoms with Gasteiger partial charge in [0.15, 0.2) is 23.1 Å². The van der Waals surface area contributed by atoms with Gasteiger partial charge in [0, 0.05) is 45.9 Å². The van der Waals surface area contributed by atoms with E-state index in [0.29, 0.717) is 11.1 Å². The standard InChI is InChI=1S/C30H22O8/c1-9-3-11-19(17(31)5-9)23(33)13-7-16-26(36)21-22-25(35)15(29(13,21)27(11)37)8-14-24(34)20-12(28(38)30(14,16)22)4-10(2)6-18(20)32/h3-8,15-16,21-22,25-26,31-32,35-36H,1-2H3/t15-,16+,21+,22?,25-,26-,29-,30-/m1/s1. The molecule has 0 heterocycles. The van der Waals surface area contributed by atoms with Crippen LogP contribution in [0.5, 0.6) is 11.5 Å². The van der Waals surface area contributed by atoms with Crippen molar-refractivity contribution < 1.29 is 39.6 Å². The normalized spacial score (nSPS) is 38.9. The maximum Gasteiger partial charge on any atom is 0.194 e. The van der Waals surface area contributed by atoms with Gasteiger partial charge in [0.25, 0.3) is 0 Å². The number of fused-ring (bicyclic) bond motifs is 4. The zero-order valence-electron chi connectivity index (χ0n) is 20.4. The van der Waals surface area contributed by atoms with Crippen LogP contribution in [0.25, 0.3) is 0 Å². The summed E-state index contributed by atoms with van der Waals surface area (Å²) in [6.45, 7) is 3.36. The molecule has 4 N–H and O–H groups in total. The van der Waals surface area contributed by atoms with E-state index in [4.69, 9.17) is 0 Å². The Morgan fingerprint density at radius 2 is 1.00 bits per heavy atom. The van der Waals surface area contributed by atoms with Crippen LogP contribution >= 0.6 is 0 Å². The van der Waals surface area contributed by atoms with Gasteiger partial charge in [-0.05, 0) is 49.2 Å². The molecule has 0 aromatic heterocycles. The van der Waals surface area contributed by atoms with Crippen LogP contribution < -0.4 is 0 Å². The molecule has 190 valence electrons. The summed E-state index contributed by atoms with van der Waals surface area (Å²) in [5.74, 6) is -6.94. The van der Waals surface area contributed by atoms with E-state index in [1.165, 1.54) is 36.4 Å². The maximum atomic E-state index is 14.5. The summed E-state index contributed by atoms with van der Waals surface area (Å²) in [5, 5.41) is 44.7. The van der Waals surface area contributed by atoms with Crippen molar-refractivity contribution in [1.29, 1.82) is 0 Å². The Morgan fingerprint density at radius 3 is 1.37 bits per heavy atom. The van der Waals surface area contributed by atoms with E-state index in [1.807, 2.05) is 0 Å². The molecule has 6 aliphatic rings. The van der Waals surface area contributed by atoms with Crippen molar-refractivity contribution in [3.05, 3.63) is 80.9 Å². The van der Waals surface area contributed by atoms with Gasteiger partial charge in [-0.15, -0.1) is 0 Å². The molecule has 2 fully saturated rings. The molecule has 1 unspecified atom stereocenters. The molecule has 0 amide bonds. The minimum atomic E-state index is -1.69. The van der Waals surface area contributed by atoms with Crippen LogP contribution in [0.2, 0.25) is 0 Å². The molecule has 0 aliphatic heterocycles. The second-order valence-corrected chi connectivity index (χ2v) is 11.7. The lowest BCUT2D eigenvalue weighted by atomic mass is 9.49. The monoisotopic (exact) mass is 510 g/mol. The number of Topliss-reactive ketones (excluding diaryl/α,β-unsaturated/α-hetero) is 4. The average Bonchev–Trinajstić information content (AvgIpc) is 3.13. The van der Waals surface area contributed by atoms with Crippen molar-refractivity contribution in [1.82, 2.24) is 0 Å². The minimum Gasteiger partial charge on any atom is -0.507 e. The van der Waals surface area contributed by atoms with Crippen molar-refractivity contribution >= 4 is 23.1 Å². The highest BCUT2D eigenvalue weighted by molar-refractivity contribution is 6.30. The molecule has 4 bridgehead atoms. The Kier molecular flexibility index (Phi) is 3.62. The summed E-state index contributed by atoms with van der Waals surface area (Å²) in [4.78, 5) is 56.9. The Labute approximate surface area is 215 Å². The first kappa shape index (κ1) is 22.1. The SMILES string of the molecule is Cc1cc(O)c2c(c1)C(=O)[C@@]13C(=C[C@@H]4[C@@H](O)C1[C@H]1[C@H](O)[C@@H]3C=C3C(=O)c5c(O)cc(C)cc5C(=O)[C@]341)C2=O. The lowest BCUT2D eigenvalue weighted by molar-refractivity contribution is 0.00295. The zero-order valence-corrected chi connectivity index (χ0v) is 20.4. The number of hydrogen-bond acceptors (Lipinski definition) is 8. The molecule has 8 rings (SSSR count). The first-order valence-corrected chi connectivity index (χ1v) is 12.7. The highest BCUT2D eigenvalue weighted by Crippen LogP contribution is 2.78. The topological polar surface area (TPSA) is 149 Å². The van der Waals surface area contributed by atoms with Gasteiger partial charge in [0.05, 0.1) is 34.2 Å². The van der Waals surface area contributed by atoms with E-state index in [9.17, 15) is 39.6 Å². The van der Waals surface area contributed by atoms with Crippen molar-refractivity contribution in [2.45, 2.75) is 26.1 Å². The van der Waals surface area contributed by atoms with E-state index in [-0.39, 0.29) is 44.9 Å². The van der Waals surface area contributed by atoms with Crippen molar-refractivity contribution in [3.63, 3.8) is 0 Å². The Balaban J connectivity index is 1.49. The number of aliphatic hydroxyl groups excluding tert-OH is 2. The van der Waals surface area contributed by atoms with E-state index < -0.39 is 69.8 Å². The lowest BCUT2D eigenvalue weighted by Crippen LogP contribution is -2.58. The van der Waals surface area contributed by atoms with Crippen LogP contribution in [0.1, 0.15) is 52.6 Å². The number of aromatic hydroxyl groups is 2. The van der Waals surface area contributed by atoms with E-state index >= 15 is 0 Å². The summed E-state index contributed by atoms with van der Waals surface area (Å²) in [6, 6.07) is 5.84. The van der Waals surface area contributed by atoms with Crippen molar-refractivity contribution in [3.8, 4) is 11.5 Å². The van der Waals surface area contributed by atoms with Crippen LogP contribution in [0.4, 0.5) is 0 Å². The number of carbonyl (C=O) groups is 4. The van der Waals surface area contributed by atoms with E-state index in [2.05, 4.69) is 0 Å². The molecule has 2 aromatic carbocycles. The van der Waals surface area contributed by atoms with E-state index in [1.54, 1.807) is 13.8 Å². The van der Waals surface area contributed by atoms with Crippen molar-refractivity contribution in [2.24, 2.45) is 34.5 Å². The fourth-order valence-corrected chi connectivity index (χ4v) is 9.24. The summed E-state index contributed by atoms with van der Waals surface area (Å²) >= 11 is 0. The second kappa shape index (κ2) is 6.22. The molecule has 6 aliphatic carbocycles. The molecule has 8 atom stereocenters. The molecule has 2 spiro atoms. The number of ketones is 4.